The highest BCUT2D eigenvalue weighted by molar-refractivity contribution is 6.03. The van der Waals surface area contributed by atoms with E-state index in [2.05, 4.69) is 10.6 Å². The van der Waals surface area contributed by atoms with Crippen molar-refractivity contribution < 1.29 is 14.0 Å². The number of nitrogens with zero attached hydrogens (tertiary/aromatic N) is 1. The summed E-state index contributed by atoms with van der Waals surface area (Å²) in [6.45, 7) is 0.239. The fourth-order valence-electron chi connectivity index (χ4n) is 1.68. The Morgan fingerprint density at radius 3 is 2.76 bits per heavy atom. The van der Waals surface area contributed by atoms with Crippen molar-refractivity contribution in [2.24, 2.45) is 0 Å². The van der Waals surface area contributed by atoms with Crippen LogP contribution in [0.1, 0.15) is 17.7 Å². The summed E-state index contributed by atoms with van der Waals surface area (Å²) < 4.78 is 5.06. The first-order valence-corrected chi connectivity index (χ1v) is 6.26. The van der Waals surface area contributed by atoms with E-state index >= 15 is 0 Å². The molecule has 0 saturated heterocycles. The van der Waals surface area contributed by atoms with Crippen LogP contribution in [0, 0.1) is 11.3 Å². The van der Waals surface area contributed by atoms with Crippen molar-refractivity contribution in [3.8, 4) is 6.07 Å². The summed E-state index contributed by atoms with van der Waals surface area (Å²) in [5, 5.41) is 13.9. The number of benzene rings is 1. The van der Waals surface area contributed by atoms with Crippen LogP contribution in [0.4, 0.5) is 5.69 Å². The number of nitrogens with one attached hydrogen (secondary N) is 2. The zero-order valence-electron chi connectivity index (χ0n) is 11.1. The van der Waals surface area contributed by atoms with Crippen molar-refractivity contribution in [1.82, 2.24) is 5.32 Å². The number of nitriles is 1. The van der Waals surface area contributed by atoms with E-state index in [0.717, 1.165) is 0 Å². The molecule has 2 N–H and O–H groups in total. The third kappa shape index (κ3) is 4.51. The topological polar surface area (TPSA) is 95.1 Å². The highest BCUT2D eigenvalue weighted by Gasteiger charge is 2.10. The minimum atomic E-state index is -0.443. The van der Waals surface area contributed by atoms with Crippen LogP contribution in [-0.4, -0.2) is 11.8 Å². The quantitative estimate of drug-likeness (QED) is 0.818. The molecule has 6 nitrogen and oxygen atoms in total. The van der Waals surface area contributed by atoms with E-state index in [1.54, 1.807) is 36.4 Å². The van der Waals surface area contributed by atoms with Crippen LogP contribution in [0.25, 0.3) is 0 Å². The molecule has 0 fully saturated rings. The second-order valence-corrected chi connectivity index (χ2v) is 4.27. The molecule has 1 aromatic heterocycles. The molecule has 1 heterocycles. The fourth-order valence-corrected chi connectivity index (χ4v) is 1.68. The van der Waals surface area contributed by atoms with Gasteiger partial charge in [-0.15, -0.1) is 0 Å². The number of furan rings is 1. The molecule has 2 rings (SSSR count). The Hall–Kier alpha value is -3.07. The van der Waals surface area contributed by atoms with Crippen LogP contribution in [0.2, 0.25) is 0 Å². The van der Waals surface area contributed by atoms with E-state index in [9.17, 15) is 9.59 Å². The van der Waals surface area contributed by atoms with Crippen LogP contribution in [0.5, 0.6) is 0 Å². The predicted octanol–water partition coefficient (Wildman–Crippen LogP) is 1.80. The van der Waals surface area contributed by atoms with Crippen LogP contribution in [-0.2, 0) is 16.1 Å². The Kier molecular flexibility index (Phi) is 4.72. The first kappa shape index (κ1) is 14.3. The van der Waals surface area contributed by atoms with E-state index in [4.69, 9.17) is 9.68 Å². The SMILES string of the molecule is N#Cc1cccc(NC(=O)CC(=O)NCc2ccco2)c1. The molecule has 0 atom stereocenters. The van der Waals surface area contributed by atoms with Gasteiger partial charge in [0.05, 0.1) is 24.4 Å². The van der Waals surface area contributed by atoms with Crippen molar-refractivity contribution in [1.29, 1.82) is 5.26 Å². The summed E-state index contributed by atoms with van der Waals surface area (Å²) in [5.74, 6) is -0.229. The van der Waals surface area contributed by atoms with Gasteiger partial charge in [0.2, 0.25) is 11.8 Å². The van der Waals surface area contributed by atoms with E-state index in [1.807, 2.05) is 6.07 Å². The van der Waals surface area contributed by atoms with Gasteiger partial charge in [0.15, 0.2) is 0 Å². The maximum atomic E-state index is 11.7. The number of hydrogen-bond acceptors (Lipinski definition) is 4. The van der Waals surface area contributed by atoms with Gasteiger partial charge >= 0.3 is 0 Å². The van der Waals surface area contributed by atoms with Gasteiger partial charge in [0.25, 0.3) is 0 Å². The molecule has 0 unspecified atom stereocenters. The molecule has 106 valence electrons. The largest absolute Gasteiger partial charge is 0.467 e. The van der Waals surface area contributed by atoms with E-state index < -0.39 is 11.8 Å². The van der Waals surface area contributed by atoms with Gasteiger partial charge in [-0.1, -0.05) is 6.07 Å². The van der Waals surface area contributed by atoms with Gasteiger partial charge < -0.3 is 15.1 Å². The smallest absolute Gasteiger partial charge is 0.233 e. The van der Waals surface area contributed by atoms with Gasteiger partial charge in [-0.05, 0) is 30.3 Å². The summed E-state index contributed by atoms with van der Waals surface area (Å²) in [6.07, 6.45) is 1.22. The molecule has 0 aliphatic carbocycles. The highest BCUT2D eigenvalue weighted by atomic mass is 16.3. The Balaban J connectivity index is 1.81. The summed E-state index contributed by atoms with van der Waals surface area (Å²) in [6, 6.07) is 11.9. The molecular weight excluding hydrogens is 270 g/mol. The third-order valence-corrected chi connectivity index (χ3v) is 2.64. The first-order valence-electron chi connectivity index (χ1n) is 6.26. The maximum absolute atomic E-state index is 11.7. The number of carbonyl (C=O) groups excluding carboxylic acids is 2. The number of hydrogen-bond donors (Lipinski definition) is 2. The second kappa shape index (κ2) is 6.91. The lowest BCUT2D eigenvalue weighted by atomic mass is 10.2. The van der Waals surface area contributed by atoms with Crippen molar-refractivity contribution in [3.05, 3.63) is 54.0 Å². The van der Waals surface area contributed by atoms with E-state index in [0.29, 0.717) is 17.0 Å². The molecule has 0 bridgehead atoms. The summed E-state index contributed by atoms with van der Waals surface area (Å²) in [5.41, 5.74) is 0.924. The highest BCUT2D eigenvalue weighted by Crippen LogP contribution is 2.10. The lowest BCUT2D eigenvalue weighted by Crippen LogP contribution is -2.27. The van der Waals surface area contributed by atoms with Crippen LogP contribution < -0.4 is 10.6 Å². The molecule has 6 heteroatoms. The molecule has 1 aromatic carbocycles. The number of rotatable bonds is 5. The first-order chi connectivity index (χ1) is 10.2. The fraction of sp³-hybridized carbons (Fsp3) is 0.133. The molecule has 0 radical (unpaired) electrons. The van der Waals surface area contributed by atoms with Crippen molar-refractivity contribution in [2.45, 2.75) is 13.0 Å². The van der Waals surface area contributed by atoms with Gasteiger partial charge in [0, 0.05) is 5.69 Å². The standard InChI is InChI=1S/C15H13N3O3/c16-9-11-3-1-4-12(7-11)18-15(20)8-14(19)17-10-13-5-2-6-21-13/h1-7H,8,10H2,(H,17,19)(H,18,20). The van der Waals surface area contributed by atoms with Gasteiger partial charge in [-0.2, -0.15) is 5.26 Å². The van der Waals surface area contributed by atoms with E-state index in [-0.39, 0.29) is 13.0 Å². The van der Waals surface area contributed by atoms with Gasteiger partial charge in [-0.3, -0.25) is 9.59 Å². The number of anilines is 1. The van der Waals surface area contributed by atoms with Crippen molar-refractivity contribution in [3.63, 3.8) is 0 Å². The average Bonchev–Trinajstić information content (AvgIpc) is 2.98. The minimum Gasteiger partial charge on any atom is -0.467 e. The molecule has 0 saturated carbocycles. The molecular formula is C15H13N3O3. The zero-order chi connectivity index (χ0) is 15.1. The minimum absolute atomic E-state index is 0.239. The van der Waals surface area contributed by atoms with E-state index in [1.165, 1.54) is 6.26 Å². The molecule has 21 heavy (non-hydrogen) atoms. The Labute approximate surface area is 121 Å². The van der Waals surface area contributed by atoms with Gasteiger partial charge in [0.1, 0.15) is 12.2 Å². The predicted molar refractivity (Wildman–Crippen MR) is 75.0 cm³/mol. The normalized spacial score (nSPS) is 9.67. The lowest BCUT2D eigenvalue weighted by Gasteiger charge is -2.06. The molecule has 0 spiro atoms. The molecule has 2 aromatic rings. The van der Waals surface area contributed by atoms with Gasteiger partial charge in [-0.25, -0.2) is 0 Å². The number of amides is 2. The Morgan fingerprint density at radius 2 is 2.05 bits per heavy atom. The van der Waals surface area contributed by atoms with Crippen LogP contribution in [0.3, 0.4) is 0 Å². The Morgan fingerprint density at radius 1 is 1.19 bits per heavy atom. The Bertz CT molecular complexity index is 672. The lowest BCUT2D eigenvalue weighted by molar-refractivity contribution is -0.127. The van der Waals surface area contributed by atoms with Crippen molar-refractivity contribution in [2.75, 3.05) is 5.32 Å². The summed E-state index contributed by atoms with van der Waals surface area (Å²) >= 11 is 0. The van der Waals surface area contributed by atoms with Crippen LogP contribution in [0.15, 0.2) is 47.1 Å². The summed E-state index contributed by atoms with van der Waals surface area (Å²) in [4.78, 5) is 23.3. The molecule has 0 aliphatic rings. The second-order valence-electron chi connectivity index (χ2n) is 4.27. The third-order valence-electron chi connectivity index (χ3n) is 2.64. The molecule has 0 aliphatic heterocycles. The zero-order valence-corrected chi connectivity index (χ0v) is 11.1. The maximum Gasteiger partial charge on any atom is 0.233 e. The summed E-state index contributed by atoms with van der Waals surface area (Å²) in [7, 11) is 0. The number of carbonyl (C=O) groups is 2. The average molecular weight is 283 g/mol. The van der Waals surface area contributed by atoms with Crippen LogP contribution >= 0.6 is 0 Å². The van der Waals surface area contributed by atoms with Crippen molar-refractivity contribution >= 4 is 17.5 Å². The molecule has 2 amide bonds. The monoisotopic (exact) mass is 283 g/mol.